The van der Waals surface area contributed by atoms with Crippen LogP contribution in [-0.4, -0.2) is 45.0 Å². The molecule has 11 heteroatoms. The first-order chi connectivity index (χ1) is 14.4. The number of hydrogen-bond donors (Lipinski definition) is 2. The standard InChI is InChI=1S/C19H22N4O7/c1-12-10-17(30-15(12)11-24)22-8-6-16(20-18(22)25)21-19(26)29-9-7-13-2-4-14(5-3-13)23(27)28/h2-6,8,12,15,17,24H,7,9-11H2,1H3,(H,20,21,25,26)/t12-,15+,17+/m0/s1. The van der Waals surface area contributed by atoms with Crippen LogP contribution in [-0.2, 0) is 15.9 Å². The highest BCUT2D eigenvalue weighted by molar-refractivity contribution is 5.83. The van der Waals surface area contributed by atoms with Gasteiger partial charge in [-0.1, -0.05) is 19.1 Å². The Bertz CT molecular complexity index is 960. The molecule has 1 aliphatic heterocycles. The summed E-state index contributed by atoms with van der Waals surface area (Å²) < 4.78 is 12.0. The van der Waals surface area contributed by atoms with Crippen LogP contribution in [0.4, 0.5) is 16.3 Å². The van der Waals surface area contributed by atoms with Crippen molar-refractivity contribution < 1.29 is 24.3 Å². The molecule has 11 nitrogen and oxygen atoms in total. The van der Waals surface area contributed by atoms with Crippen LogP contribution in [0.5, 0.6) is 0 Å². The molecule has 2 aromatic rings. The van der Waals surface area contributed by atoms with Gasteiger partial charge in [0, 0.05) is 24.8 Å². The molecule has 160 valence electrons. The summed E-state index contributed by atoms with van der Waals surface area (Å²) in [4.78, 5) is 38.1. The van der Waals surface area contributed by atoms with Crippen molar-refractivity contribution in [2.45, 2.75) is 32.1 Å². The largest absolute Gasteiger partial charge is 0.449 e. The molecule has 2 heterocycles. The number of ether oxygens (including phenoxy) is 2. The van der Waals surface area contributed by atoms with Gasteiger partial charge in [0.15, 0.2) is 0 Å². The maximum absolute atomic E-state index is 12.3. The Hall–Kier alpha value is -3.31. The Morgan fingerprint density at radius 3 is 2.73 bits per heavy atom. The number of benzene rings is 1. The summed E-state index contributed by atoms with van der Waals surface area (Å²) in [7, 11) is 0. The van der Waals surface area contributed by atoms with Crippen molar-refractivity contribution in [3.05, 3.63) is 62.7 Å². The zero-order valence-electron chi connectivity index (χ0n) is 16.3. The monoisotopic (exact) mass is 418 g/mol. The molecular weight excluding hydrogens is 396 g/mol. The fourth-order valence-electron chi connectivity index (χ4n) is 3.15. The molecule has 1 aromatic carbocycles. The van der Waals surface area contributed by atoms with E-state index < -0.39 is 22.9 Å². The van der Waals surface area contributed by atoms with Gasteiger partial charge in [-0.15, -0.1) is 0 Å². The molecule has 0 spiro atoms. The molecule has 0 radical (unpaired) electrons. The number of rotatable bonds is 7. The molecule has 1 aliphatic rings. The van der Waals surface area contributed by atoms with E-state index in [9.17, 15) is 24.8 Å². The first kappa shape index (κ1) is 21.4. The highest BCUT2D eigenvalue weighted by Crippen LogP contribution is 2.31. The van der Waals surface area contributed by atoms with E-state index in [2.05, 4.69) is 10.3 Å². The van der Waals surface area contributed by atoms with Crippen LogP contribution >= 0.6 is 0 Å². The second-order valence-electron chi connectivity index (χ2n) is 6.96. The smallest absolute Gasteiger partial charge is 0.412 e. The normalized spacial score (nSPS) is 20.7. The van der Waals surface area contributed by atoms with Gasteiger partial charge in [0.05, 0.1) is 24.2 Å². The van der Waals surface area contributed by atoms with Gasteiger partial charge in [0.2, 0.25) is 0 Å². The highest BCUT2D eigenvalue weighted by Gasteiger charge is 2.33. The van der Waals surface area contributed by atoms with Crippen LogP contribution < -0.4 is 11.0 Å². The Balaban J connectivity index is 1.50. The SMILES string of the molecule is C[C@H]1C[C@H](n2ccc(NC(=O)OCCc3ccc([N+](=O)[O-])cc3)nc2=O)O[C@@H]1CO. The summed E-state index contributed by atoms with van der Waals surface area (Å²) >= 11 is 0. The minimum Gasteiger partial charge on any atom is -0.449 e. The van der Waals surface area contributed by atoms with Crippen LogP contribution in [0, 0.1) is 16.0 Å². The minimum atomic E-state index is -0.771. The van der Waals surface area contributed by atoms with E-state index in [1.54, 1.807) is 12.1 Å². The molecule has 1 saturated heterocycles. The third-order valence-electron chi connectivity index (χ3n) is 4.86. The van der Waals surface area contributed by atoms with Crippen LogP contribution in [0.15, 0.2) is 41.3 Å². The number of aliphatic hydroxyl groups is 1. The zero-order chi connectivity index (χ0) is 21.7. The highest BCUT2D eigenvalue weighted by atomic mass is 16.6. The summed E-state index contributed by atoms with van der Waals surface area (Å²) in [5, 5.41) is 22.3. The Morgan fingerprint density at radius 2 is 2.13 bits per heavy atom. The van der Waals surface area contributed by atoms with E-state index in [1.807, 2.05) is 6.92 Å². The summed E-state index contributed by atoms with van der Waals surface area (Å²) in [6.45, 7) is 1.87. The van der Waals surface area contributed by atoms with E-state index in [-0.39, 0.29) is 36.7 Å². The molecule has 30 heavy (non-hydrogen) atoms. The van der Waals surface area contributed by atoms with Crippen LogP contribution in [0.3, 0.4) is 0 Å². The fourth-order valence-corrected chi connectivity index (χ4v) is 3.15. The van der Waals surface area contributed by atoms with Gasteiger partial charge < -0.3 is 14.6 Å². The first-order valence-electron chi connectivity index (χ1n) is 9.40. The lowest BCUT2D eigenvalue weighted by Gasteiger charge is -2.15. The van der Waals surface area contributed by atoms with Crippen molar-refractivity contribution in [2.24, 2.45) is 5.92 Å². The van der Waals surface area contributed by atoms with Crippen molar-refractivity contribution in [1.82, 2.24) is 9.55 Å². The van der Waals surface area contributed by atoms with Crippen molar-refractivity contribution in [3.8, 4) is 0 Å². The quantitative estimate of drug-likeness (QED) is 0.512. The number of non-ortho nitro benzene ring substituents is 1. The Morgan fingerprint density at radius 1 is 1.40 bits per heavy atom. The number of nitro benzene ring substituents is 1. The lowest BCUT2D eigenvalue weighted by Crippen LogP contribution is -2.28. The molecule has 3 rings (SSSR count). The molecule has 0 aliphatic carbocycles. The van der Waals surface area contributed by atoms with E-state index in [1.165, 1.54) is 29.0 Å². The molecule has 0 bridgehead atoms. The van der Waals surface area contributed by atoms with Gasteiger partial charge in [-0.2, -0.15) is 4.98 Å². The van der Waals surface area contributed by atoms with Crippen molar-refractivity contribution >= 4 is 17.6 Å². The van der Waals surface area contributed by atoms with E-state index in [4.69, 9.17) is 9.47 Å². The summed E-state index contributed by atoms with van der Waals surface area (Å²) in [6, 6.07) is 7.40. The molecule has 2 N–H and O–H groups in total. The van der Waals surface area contributed by atoms with Gasteiger partial charge >= 0.3 is 11.8 Å². The minimum absolute atomic E-state index is 0.0115. The van der Waals surface area contributed by atoms with E-state index in [0.29, 0.717) is 12.8 Å². The average molecular weight is 418 g/mol. The molecule has 0 saturated carbocycles. The number of anilines is 1. The fraction of sp³-hybridized carbons (Fsp3) is 0.421. The lowest BCUT2D eigenvalue weighted by molar-refractivity contribution is -0.384. The second kappa shape index (κ2) is 9.46. The van der Waals surface area contributed by atoms with Crippen LogP contribution in [0.25, 0.3) is 0 Å². The molecule has 1 aromatic heterocycles. The van der Waals surface area contributed by atoms with Crippen molar-refractivity contribution in [3.63, 3.8) is 0 Å². The lowest BCUT2D eigenvalue weighted by atomic mass is 10.0. The predicted molar refractivity (Wildman–Crippen MR) is 105 cm³/mol. The number of carbonyl (C=O) groups is 1. The average Bonchev–Trinajstić information content (AvgIpc) is 3.09. The van der Waals surface area contributed by atoms with Gasteiger partial charge in [0.25, 0.3) is 5.69 Å². The number of nitrogens with zero attached hydrogens (tertiary/aromatic N) is 3. The second-order valence-corrected chi connectivity index (χ2v) is 6.96. The predicted octanol–water partition coefficient (Wildman–Crippen LogP) is 1.86. The molecule has 0 unspecified atom stereocenters. The molecule has 1 amide bonds. The van der Waals surface area contributed by atoms with Crippen LogP contribution in [0.1, 0.15) is 25.1 Å². The van der Waals surface area contributed by atoms with Gasteiger partial charge in [-0.05, 0) is 24.0 Å². The third kappa shape index (κ3) is 5.19. The molecule has 1 fully saturated rings. The van der Waals surface area contributed by atoms with E-state index >= 15 is 0 Å². The third-order valence-corrected chi connectivity index (χ3v) is 4.86. The Labute approximate surface area is 171 Å². The number of nitrogens with one attached hydrogen (secondary N) is 1. The first-order valence-corrected chi connectivity index (χ1v) is 9.40. The maximum Gasteiger partial charge on any atom is 0.412 e. The van der Waals surface area contributed by atoms with Gasteiger partial charge in [-0.25, -0.2) is 9.59 Å². The van der Waals surface area contributed by atoms with Crippen molar-refractivity contribution in [1.29, 1.82) is 0 Å². The van der Waals surface area contributed by atoms with Crippen LogP contribution in [0.2, 0.25) is 0 Å². The van der Waals surface area contributed by atoms with Gasteiger partial charge in [-0.3, -0.25) is 20.0 Å². The summed E-state index contributed by atoms with van der Waals surface area (Å²) in [5.74, 6) is 0.150. The summed E-state index contributed by atoms with van der Waals surface area (Å²) in [6.07, 6.45) is 0.810. The molecular formula is C19H22N4O7. The number of aromatic nitrogens is 2. The number of amides is 1. The topological polar surface area (TPSA) is 146 Å². The Kier molecular flexibility index (Phi) is 6.75. The number of nitro groups is 1. The van der Waals surface area contributed by atoms with Crippen molar-refractivity contribution in [2.75, 3.05) is 18.5 Å². The van der Waals surface area contributed by atoms with E-state index in [0.717, 1.165) is 5.56 Å². The number of carbonyl (C=O) groups excluding carboxylic acids is 1. The molecule has 3 atom stereocenters. The van der Waals surface area contributed by atoms with Gasteiger partial charge in [0.1, 0.15) is 12.0 Å². The summed E-state index contributed by atoms with van der Waals surface area (Å²) in [5.41, 5.74) is 0.179. The number of hydrogen-bond acceptors (Lipinski definition) is 8. The number of aliphatic hydroxyl groups excluding tert-OH is 1. The maximum atomic E-state index is 12.3. The zero-order valence-corrected chi connectivity index (χ0v) is 16.3.